The molecule has 1 unspecified atom stereocenters. The lowest BCUT2D eigenvalue weighted by atomic mass is 9.79. The fourth-order valence-electron chi connectivity index (χ4n) is 2.27. The number of rotatable bonds is 1. The fraction of sp³-hybridized carbons (Fsp3) is 1.00. The summed E-state index contributed by atoms with van der Waals surface area (Å²) in [4.78, 5) is 2.32. The summed E-state index contributed by atoms with van der Waals surface area (Å²) < 4.78 is 27.2. The Hall–Kier alpha value is -0.0800. The van der Waals surface area contributed by atoms with E-state index in [9.17, 15) is 0 Å². The minimum atomic E-state index is -2.30. The summed E-state index contributed by atoms with van der Waals surface area (Å²) in [6.45, 7) is 14.5. The molecule has 0 aromatic heterocycles. The topological polar surface area (TPSA) is 12.5 Å². The largest absolute Gasteiger partial charge is 0.380 e. The van der Waals surface area contributed by atoms with Gasteiger partial charge in [-0.25, -0.2) is 0 Å². The smallest absolute Gasteiger partial charge is 0.0743 e. The maximum atomic E-state index is 7.31. The predicted octanol–water partition coefficient (Wildman–Crippen LogP) is 2.78. The van der Waals surface area contributed by atoms with Crippen molar-refractivity contribution < 1.29 is 8.85 Å². The van der Waals surface area contributed by atoms with Crippen molar-refractivity contribution in [2.75, 3.05) is 20.1 Å². The van der Waals surface area contributed by atoms with Crippen LogP contribution in [-0.4, -0.2) is 36.7 Å². The average Bonchev–Trinajstić information content (AvgIpc) is 2.42. The fourth-order valence-corrected chi connectivity index (χ4v) is 2.27. The maximum absolute atomic E-state index is 7.31. The Balaban J connectivity index is 2.86. The first kappa shape index (κ1) is 9.00. The molecule has 0 spiro atoms. The molecule has 1 aliphatic heterocycles. The molecule has 0 radical (unpaired) electrons. The van der Waals surface area contributed by atoms with Gasteiger partial charge in [-0.1, -0.05) is 20.8 Å². The van der Waals surface area contributed by atoms with Crippen LogP contribution in [-0.2, 0) is 4.74 Å². The van der Waals surface area contributed by atoms with Gasteiger partial charge in [-0.05, 0) is 26.2 Å². The summed E-state index contributed by atoms with van der Waals surface area (Å²) in [5.41, 5.74) is 0.103. The summed E-state index contributed by atoms with van der Waals surface area (Å²) in [5.74, 6) is 0.247. The van der Waals surface area contributed by atoms with Gasteiger partial charge in [0.2, 0.25) is 0 Å². The molecule has 2 atom stereocenters. The van der Waals surface area contributed by atoms with Gasteiger partial charge in [-0.3, -0.25) is 4.90 Å². The van der Waals surface area contributed by atoms with Gasteiger partial charge in [-0.15, -0.1) is 0 Å². The lowest BCUT2D eigenvalue weighted by Gasteiger charge is -2.33. The number of ether oxygens (including phenoxy) is 1. The van der Waals surface area contributed by atoms with E-state index in [1.165, 1.54) is 0 Å². The third kappa shape index (κ3) is 2.94. The highest BCUT2D eigenvalue weighted by atomic mass is 16.5. The van der Waals surface area contributed by atoms with Crippen LogP contribution < -0.4 is 0 Å². The monoisotopic (exact) mass is 216 g/mol. The molecule has 0 amide bonds. The van der Waals surface area contributed by atoms with Crippen molar-refractivity contribution in [3.63, 3.8) is 0 Å². The number of nitrogens with zero attached hydrogens (tertiary/aromatic N) is 1. The molecule has 0 bridgehead atoms. The van der Waals surface area contributed by atoms with Crippen LogP contribution in [0.1, 0.15) is 45.7 Å². The van der Waals surface area contributed by atoms with Crippen LogP contribution in [0.25, 0.3) is 0 Å². The van der Waals surface area contributed by atoms with Crippen LogP contribution in [0.4, 0.5) is 0 Å². The van der Waals surface area contributed by atoms with Crippen LogP contribution in [0.3, 0.4) is 0 Å². The van der Waals surface area contributed by atoms with Crippen molar-refractivity contribution >= 4 is 0 Å². The van der Waals surface area contributed by atoms with E-state index < -0.39 is 7.04 Å². The lowest BCUT2D eigenvalue weighted by molar-refractivity contribution is 0.0372. The molecule has 90 valence electrons. The van der Waals surface area contributed by atoms with Gasteiger partial charge in [0.25, 0.3) is 0 Å². The van der Waals surface area contributed by atoms with Crippen molar-refractivity contribution in [2.24, 2.45) is 11.3 Å². The summed E-state index contributed by atoms with van der Waals surface area (Å²) in [7, 11) is -2.30. The summed E-state index contributed by atoms with van der Waals surface area (Å²) >= 11 is 0. The Morgan fingerprint density at radius 1 is 1.13 bits per heavy atom. The first-order valence-electron chi connectivity index (χ1n) is 7.23. The SMILES string of the molecule is [2H]C([2H])([2H])O[C@H]1CN(C(C)(C)C)CC1C(C)(C)C. The summed E-state index contributed by atoms with van der Waals surface area (Å²) in [6, 6.07) is 0. The summed E-state index contributed by atoms with van der Waals surface area (Å²) in [6.07, 6.45) is -0.211. The first-order chi connectivity index (χ1) is 7.81. The molecule has 0 aliphatic carbocycles. The Labute approximate surface area is 99.2 Å². The van der Waals surface area contributed by atoms with Crippen molar-refractivity contribution in [3.05, 3.63) is 0 Å². The molecule has 0 saturated carbocycles. The predicted molar refractivity (Wildman–Crippen MR) is 65.1 cm³/mol. The van der Waals surface area contributed by atoms with Gasteiger partial charge < -0.3 is 4.74 Å². The molecule has 1 rings (SSSR count). The second kappa shape index (κ2) is 4.06. The molecular formula is C13H27NO. The molecule has 1 heterocycles. The quantitative estimate of drug-likeness (QED) is 0.668. The molecular weight excluding hydrogens is 186 g/mol. The van der Waals surface area contributed by atoms with E-state index in [0.29, 0.717) is 6.54 Å². The van der Waals surface area contributed by atoms with E-state index in [1.807, 2.05) is 0 Å². The number of hydrogen-bond donors (Lipinski definition) is 0. The molecule has 1 saturated heterocycles. The van der Waals surface area contributed by atoms with Gasteiger partial charge in [0.15, 0.2) is 0 Å². The van der Waals surface area contributed by atoms with Crippen LogP contribution in [0, 0.1) is 11.3 Å². The minimum absolute atomic E-state index is 0.0515. The van der Waals surface area contributed by atoms with E-state index >= 15 is 0 Å². The molecule has 2 nitrogen and oxygen atoms in total. The van der Waals surface area contributed by atoms with E-state index in [-0.39, 0.29) is 23.0 Å². The molecule has 15 heavy (non-hydrogen) atoms. The molecule has 0 aromatic carbocycles. The zero-order chi connectivity index (χ0) is 14.4. The van der Waals surface area contributed by atoms with Gasteiger partial charge in [0.1, 0.15) is 0 Å². The summed E-state index contributed by atoms with van der Waals surface area (Å²) in [5, 5.41) is 0. The van der Waals surface area contributed by atoms with Crippen LogP contribution in [0.15, 0.2) is 0 Å². The standard InChI is InChI=1S/C13H27NO/c1-12(2,3)10-8-14(13(4,5)6)9-11(10)15-7/h10-11H,8-9H2,1-7H3/t10?,11-/m0/s1/i7D3. The van der Waals surface area contributed by atoms with Crippen molar-refractivity contribution in [3.8, 4) is 0 Å². The Kier molecular flexibility index (Phi) is 2.44. The number of hydrogen-bond acceptors (Lipinski definition) is 2. The second-order valence-corrected chi connectivity index (χ2v) is 6.70. The van der Waals surface area contributed by atoms with E-state index in [4.69, 9.17) is 8.85 Å². The highest BCUT2D eigenvalue weighted by Gasteiger charge is 2.42. The minimum Gasteiger partial charge on any atom is -0.380 e. The Bertz CT molecular complexity index is 288. The number of methoxy groups -OCH3 is 1. The lowest BCUT2D eigenvalue weighted by Crippen LogP contribution is -2.40. The third-order valence-corrected chi connectivity index (χ3v) is 3.48. The average molecular weight is 216 g/mol. The Morgan fingerprint density at radius 3 is 2.13 bits per heavy atom. The number of likely N-dealkylation sites (tertiary alicyclic amines) is 1. The molecule has 0 N–H and O–H groups in total. The van der Waals surface area contributed by atoms with E-state index in [0.717, 1.165) is 6.54 Å². The molecule has 1 fully saturated rings. The first-order valence-corrected chi connectivity index (χ1v) is 5.73. The van der Waals surface area contributed by atoms with Crippen molar-refractivity contribution in [1.82, 2.24) is 4.90 Å². The van der Waals surface area contributed by atoms with Crippen LogP contribution >= 0.6 is 0 Å². The van der Waals surface area contributed by atoms with Gasteiger partial charge in [0.05, 0.1) is 10.2 Å². The zero-order valence-corrected chi connectivity index (χ0v) is 10.9. The van der Waals surface area contributed by atoms with E-state index in [1.54, 1.807) is 0 Å². The van der Waals surface area contributed by atoms with Crippen LogP contribution in [0.2, 0.25) is 0 Å². The van der Waals surface area contributed by atoms with Crippen LogP contribution in [0.5, 0.6) is 0 Å². The van der Waals surface area contributed by atoms with Gasteiger partial charge >= 0.3 is 0 Å². The van der Waals surface area contributed by atoms with Gasteiger partial charge in [0, 0.05) is 31.6 Å². The van der Waals surface area contributed by atoms with E-state index in [2.05, 4.69) is 46.4 Å². The van der Waals surface area contributed by atoms with Crippen molar-refractivity contribution in [1.29, 1.82) is 0 Å². The van der Waals surface area contributed by atoms with Gasteiger partial charge in [-0.2, -0.15) is 0 Å². The molecule has 1 aliphatic rings. The molecule has 0 aromatic rings. The highest BCUT2D eigenvalue weighted by Crippen LogP contribution is 2.37. The van der Waals surface area contributed by atoms with Crippen molar-refractivity contribution in [2.45, 2.75) is 53.2 Å². The third-order valence-electron chi connectivity index (χ3n) is 3.48. The Morgan fingerprint density at radius 2 is 1.73 bits per heavy atom. The maximum Gasteiger partial charge on any atom is 0.0743 e. The molecule has 2 heteroatoms. The highest BCUT2D eigenvalue weighted by molar-refractivity contribution is 4.95. The second-order valence-electron chi connectivity index (χ2n) is 6.70. The normalized spacial score (nSPS) is 33.6. The zero-order valence-electron chi connectivity index (χ0n) is 13.9.